The predicted molar refractivity (Wildman–Crippen MR) is 95.3 cm³/mol. The van der Waals surface area contributed by atoms with Gasteiger partial charge in [-0.3, -0.25) is 5.32 Å². The first-order valence-corrected chi connectivity index (χ1v) is 8.12. The van der Waals surface area contributed by atoms with Gasteiger partial charge in [0.05, 0.1) is 6.20 Å². The molecule has 2 heterocycles. The summed E-state index contributed by atoms with van der Waals surface area (Å²) in [6.07, 6.45) is 4.35. The summed E-state index contributed by atoms with van der Waals surface area (Å²) in [5, 5.41) is 10.5. The predicted octanol–water partition coefficient (Wildman–Crippen LogP) is 3.97. The van der Waals surface area contributed by atoms with Crippen molar-refractivity contribution in [2.24, 2.45) is 0 Å². The highest BCUT2D eigenvalue weighted by molar-refractivity contribution is 6.30. The summed E-state index contributed by atoms with van der Waals surface area (Å²) in [6.45, 7) is 3.96. The molecule has 3 rings (SSSR count). The van der Waals surface area contributed by atoms with Gasteiger partial charge in [-0.2, -0.15) is 5.10 Å². The summed E-state index contributed by atoms with van der Waals surface area (Å²) in [5.41, 5.74) is 2.42. The SMILES string of the molecule is CCC(C)NC(=O)Nc1ccn2ncc(-c3cccc(Cl)c3)c2n1. The van der Waals surface area contributed by atoms with Gasteiger partial charge < -0.3 is 5.32 Å². The first-order valence-electron chi connectivity index (χ1n) is 7.74. The minimum absolute atomic E-state index is 0.103. The smallest absolute Gasteiger partial charge is 0.320 e. The van der Waals surface area contributed by atoms with Gasteiger partial charge in [0.1, 0.15) is 5.82 Å². The largest absolute Gasteiger partial charge is 0.335 e. The molecule has 0 aliphatic rings. The number of carbonyl (C=O) groups excluding carboxylic acids is 1. The summed E-state index contributed by atoms with van der Waals surface area (Å²) < 4.78 is 1.66. The van der Waals surface area contributed by atoms with E-state index in [0.717, 1.165) is 17.5 Å². The van der Waals surface area contributed by atoms with Crippen LogP contribution in [0.25, 0.3) is 16.8 Å². The van der Waals surface area contributed by atoms with Crippen molar-refractivity contribution < 1.29 is 4.79 Å². The fourth-order valence-corrected chi connectivity index (χ4v) is 2.47. The van der Waals surface area contributed by atoms with Crippen LogP contribution in [0.5, 0.6) is 0 Å². The van der Waals surface area contributed by atoms with Crippen LogP contribution in [0.15, 0.2) is 42.7 Å². The fourth-order valence-electron chi connectivity index (χ4n) is 2.28. The maximum Gasteiger partial charge on any atom is 0.320 e. The van der Waals surface area contributed by atoms with Crippen LogP contribution in [0.3, 0.4) is 0 Å². The van der Waals surface area contributed by atoms with Crippen LogP contribution in [0, 0.1) is 0 Å². The molecule has 7 heteroatoms. The summed E-state index contributed by atoms with van der Waals surface area (Å²) in [7, 11) is 0. The Bertz CT molecular complexity index is 876. The fraction of sp³-hybridized carbons (Fsp3) is 0.235. The quantitative estimate of drug-likeness (QED) is 0.753. The number of carbonyl (C=O) groups is 1. The van der Waals surface area contributed by atoms with Crippen LogP contribution in [-0.4, -0.2) is 26.7 Å². The van der Waals surface area contributed by atoms with Gasteiger partial charge in [0, 0.05) is 22.8 Å². The van der Waals surface area contributed by atoms with Gasteiger partial charge in [0.2, 0.25) is 0 Å². The minimum Gasteiger partial charge on any atom is -0.335 e. The number of nitrogens with one attached hydrogen (secondary N) is 2. The second-order valence-electron chi connectivity index (χ2n) is 5.56. The first kappa shape index (κ1) is 16.3. The van der Waals surface area contributed by atoms with Crippen LogP contribution in [-0.2, 0) is 0 Å². The molecule has 3 aromatic rings. The molecule has 0 aliphatic carbocycles. The first-order chi connectivity index (χ1) is 11.6. The Morgan fingerprint density at radius 1 is 1.38 bits per heavy atom. The molecule has 2 amide bonds. The molecular weight excluding hydrogens is 326 g/mol. The van der Waals surface area contributed by atoms with Gasteiger partial charge >= 0.3 is 6.03 Å². The lowest BCUT2D eigenvalue weighted by molar-refractivity contribution is 0.249. The van der Waals surface area contributed by atoms with Crippen LogP contribution in [0.4, 0.5) is 10.6 Å². The number of anilines is 1. The number of rotatable bonds is 4. The highest BCUT2D eigenvalue weighted by Gasteiger charge is 2.11. The Kier molecular flexibility index (Phi) is 4.66. The molecule has 24 heavy (non-hydrogen) atoms. The van der Waals surface area contributed by atoms with Gasteiger partial charge in [-0.25, -0.2) is 14.3 Å². The number of amides is 2. The molecule has 0 spiro atoms. The Morgan fingerprint density at radius 3 is 2.96 bits per heavy atom. The lowest BCUT2D eigenvalue weighted by Crippen LogP contribution is -2.35. The highest BCUT2D eigenvalue weighted by Crippen LogP contribution is 2.26. The van der Waals surface area contributed by atoms with Crippen molar-refractivity contribution in [3.05, 3.63) is 47.7 Å². The van der Waals surface area contributed by atoms with Gasteiger partial charge in [-0.1, -0.05) is 30.7 Å². The van der Waals surface area contributed by atoms with Crippen molar-refractivity contribution in [1.82, 2.24) is 19.9 Å². The zero-order valence-corrected chi connectivity index (χ0v) is 14.2. The average Bonchev–Trinajstić information content (AvgIpc) is 2.97. The van der Waals surface area contributed by atoms with E-state index >= 15 is 0 Å². The third-order valence-electron chi connectivity index (χ3n) is 3.74. The summed E-state index contributed by atoms with van der Waals surface area (Å²) in [5.74, 6) is 0.465. The maximum absolute atomic E-state index is 12.0. The Labute approximate surface area is 144 Å². The van der Waals surface area contributed by atoms with E-state index in [1.807, 2.05) is 38.1 Å². The van der Waals surface area contributed by atoms with Gasteiger partial charge in [0.25, 0.3) is 0 Å². The summed E-state index contributed by atoms with van der Waals surface area (Å²) in [6, 6.07) is 9.03. The van der Waals surface area contributed by atoms with E-state index in [1.165, 1.54) is 0 Å². The molecular formula is C17H18ClN5O. The number of hydrogen-bond donors (Lipinski definition) is 2. The van der Waals surface area contributed by atoms with Crippen LogP contribution < -0.4 is 10.6 Å². The third kappa shape index (κ3) is 3.49. The third-order valence-corrected chi connectivity index (χ3v) is 3.97. The highest BCUT2D eigenvalue weighted by atomic mass is 35.5. The molecule has 6 nitrogen and oxygen atoms in total. The van der Waals surface area contributed by atoms with E-state index in [1.54, 1.807) is 23.0 Å². The lowest BCUT2D eigenvalue weighted by Gasteiger charge is -2.12. The number of aromatic nitrogens is 3. The van der Waals surface area contributed by atoms with Crippen LogP contribution >= 0.6 is 11.6 Å². The van der Waals surface area contributed by atoms with Crippen molar-refractivity contribution in [3.63, 3.8) is 0 Å². The Balaban J connectivity index is 1.90. The molecule has 0 radical (unpaired) electrons. The average molecular weight is 344 g/mol. The van der Waals surface area contributed by atoms with E-state index < -0.39 is 0 Å². The normalized spacial score (nSPS) is 12.1. The van der Waals surface area contributed by atoms with Gasteiger partial charge in [-0.15, -0.1) is 0 Å². The van der Waals surface area contributed by atoms with Crippen LogP contribution in [0.2, 0.25) is 5.02 Å². The van der Waals surface area contributed by atoms with Crippen molar-refractivity contribution in [1.29, 1.82) is 0 Å². The molecule has 1 atom stereocenters. The van der Waals surface area contributed by atoms with E-state index in [9.17, 15) is 4.79 Å². The minimum atomic E-state index is -0.273. The Morgan fingerprint density at radius 2 is 2.21 bits per heavy atom. The molecule has 1 aromatic carbocycles. The topological polar surface area (TPSA) is 71.3 Å². The number of benzene rings is 1. The number of hydrogen-bond acceptors (Lipinski definition) is 3. The molecule has 2 N–H and O–H groups in total. The number of halogens is 1. The van der Waals surface area contributed by atoms with Crippen molar-refractivity contribution >= 4 is 29.1 Å². The second-order valence-corrected chi connectivity index (χ2v) is 5.99. The zero-order chi connectivity index (χ0) is 17.1. The molecule has 2 aromatic heterocycles. The zero-order valence-electron chi connectivity index (χ0n) is 13.5. The van der Waals surface area contributed by atoms with Crippen molar-refractivity contribution in [3.8, 4) is 11.1 Å². The van der Waals surface area contributed by atoms with Crippen molar-refractivity contribution in [2.45, 2.75) is 26.3 Å². The molecule has 0 fully saturated rings. The number of urea groups is 1. The van der Waals surface area contributed by atoms with E-state index in [0.29, 0.717) is 16.5 Å². The molecule has 0 saturated heterocycles. The van der Waals surface area contributed by atoms with Gasteiger partial charge in [0.15, 0.2) is 5.65 Å². The summed E-state index contributed by atoms with van der Waals surface area (Å²) in [4.78, 5) is 16.5. The summed E-state index contributed by atoms with van der Waals surface area (Å²) >= 11 is 6.06. The monoisotopic (exact) mass is 343 g/mol. The lowest BCUT2D eigenvalue weighted by atomic mass is 10.1. The van der Waals surface area contributed by atoms with E-state index in [2.05, 4.69) is 20.7 Å². The van der Waals surface area contributed by atoms with Gasteiger partial charge in [-0.05, 0) is 37.1 Å². The molecule has 0 aliphatic heterocycles. The standard InChI is InChI=1S/C17H18ClN5O/c1-3-11(2)20-17(24)22-15-7-8-23-16(21-15)14(10-19-23)12-5-4-6-13(18)9-12/h4-11H,3H2,1-2H3,(H2,20,21,22,24). The van der Waals surface area contributed by atoms with Crippen molar-refractivity contribution in [2.75, 3.05) is 5.32 Å². The molecule has 0 saturated carbocycles. The second kappa shape index (κ2) is 6.88. The number of fused-ring (bicyclic) bond motifs is 1. The molecule has 124 valence electrons. The van der Waals surface area contributed by atoms with E-state index in [4.69, 9.17) is 11.6 Å². The van der Waals surface area contributed by atoms with E-state index in [-0.39, 0.29) is 12.1 Å². The molecule has 1 unspecified atom stereocenters. The Hall–Kier alpha value is -2.60. The molecule has 0 bridgehead atoms. The van der Waals surface area contributed by atoms with Crippen LogP contribution in [0.1, 0.15) is 20.3 Å². The number of nitrogens with zero attached hydrogens (tertiary/aromatic N) is 3. The maximum atomic E-state index is 12.0.